The second-order valence-electron chi connectivity index (χ2n) is 31.4. The number of ether oxygens (including phenoxy) is 1. The number of carbonyl (C=O) groups is 14. The molecule has 109 heavy (non-hydrogen) atoms. The van der Waals surface area contributed by atoms with Crippen molar-refractivity contribution in [3.63, 3.8) is 0 Å². The van der Waals surface area contributed by atoms with Gasteiger partial charge in [0.1, 0.15) is 84.3 Å². The van der Waals surface area contributed by atoms with Crippen LogP contribution in [0.4, 0.5) is 0 Å². The first-order chi connectivity index (χ1) is 51.2. The lowest BCUT2D eigenvalue weighted by molar-refractivity contribution is -0.157. The Hall–Kier alpha value is -9.06. The lowest BCUT2D eigenvalue weighted by Crippen LogP contribution is -2.64. The molecule has 0 saturated carbocycles. The summed E-state index contributed by atoms with van der Waals surface area (Å²) in [5.41, 5.74) is 6.35. The maximum absolute atomic E-state index is 15.1. The van der Waals surface area contributed by atoms with Crippen molar-refractivity contribution >= 4 is 93.5 Å². The number of rotatable bonds is 33. The highest BCUT2D eigenvalue weighted by Crippen LogP contribution is 2.24. The van der Waals surface area contributed by atoms with Crippen LogP contribution in [-0.2, 0) is 78.3 Å². The fourth-order valence-corrected chi connectivity index (χ4v) is 12.9. The van der Waals surface area contributed by atoms with E-state index in [-0.39, 0.29) is 63.2 Å². The van der Waals surface area contributed by atoms with Crippen LogP contribution in [0.2, 0.25) is 0 Å². The molecule has 16 atom stereocenters. The van der Waals surface area contributed by atoms with Crippen LogP contribution in [0.3, 0.4) is 0 Å². The number of hydrogen-bond donors (Lipinski definition) is 14. The molecule has 2 saturated heterocycles. The van der Waals surface area contributed by atoms with Crippen LogP contribution in [-0.4, -0.2) is 191 Å². The summed E-state index contributed by atoms with van der Waals surface area (Å²) in [5, 5.41) is 45.1. The van der Waals surface area contributed by atoms with E-state index in [0.717, 1.165) is 17.2 Å². The molecule has 30 heteroatoms. The second-order valence-corrected chi connectivity index (χ2v) is 31.4. The van der Waals surface area contributed by atoms with Crippen LogP contribution in [0.25, 0.3) is 10.8 Å². The van der Waals surface area contributed by atoms with E-state index in [1.54, 1.807) is 103 Å². The van der Waals surface area contributed by atoms with Gasteiger partial charge in [0, 0.05) is 19.4 Å². The molecular formula is C79H126N14O16. The molecule has 2 aliphatic heterocycles. The highest BCUT2D eigenvalue weighted by atomic mass is 16.5. The molecule has 0 aliphatic carbocycles. The molecule has 608 valence electrons. The number of amides is 13. The van der Waals surface area contributed by atoms with Gasteiger partial charge >= 0.3 is 5.97 Å². The highest BCUT2D eigenvalue weighted by molar-refractivity contribution is 6.03. The molecule has 0 unspecified atom stereocenters. The summed E-state index contributed by atoms with van der Waals surface area (Å²) in [5.74, 6) is -15.2. The van der Waals surface area contributed by atoms with Crippen LogP contribution >= 0.6 is 0 Å². The molecule has 4 rings (SSSR count). The molecule has 2 heterocycles. The molecular weight excluding hydrogens is 1400 g/mol. The number of likely N-dealkylation sites (tertiary alicyclic amines) is 1. The van der Waals surface area contributed by atoms with Gasteiger partial charge in [-0.2, -0.15) is 0 Å². The molecule has 15 N–H and O–H groups in total. The largest absolute Gasteiger partial charge is 0.458 e. The van der Waals surface area contributed by atoms with Gasteiger partial charge in [-0.25, -0.2) is 4.79 Å². The molecule has 13 amide bonds. The summed E-state index contributed by atoms with van der Waals surface area (Å²) in [7, 11) is 0. The van der Waals surface area contributed by atoms with Gasteiger partial charge in [0.25, 0.3) is 5.91 Å². The van der Waals surface area contributed by atoms with Crippen molar-refractivity contribution in [1.29, 1.82) is 0 Å². The number of aliphatic hydroxyl groups excluding tert-OH is 1. The zero-order valence-electron chi connectivity index (χ0n) is 67.4. The third-order valence-corrected chi connectivity index (χ3v) is 20.2. The number of fused-ring (bicyclic) bond motifs is 1. The first kappa shape index (κ1) is 92.3. The minimum Gasteiger partial charge on any atom is -0.458 e. The molecule has 0 aromatic heterocycles. The number of carbonyl (C=O) groups excluding carboxylic acids is 14. The number of hydrogen-bond acceptors (Lipinski definition) is 17. The number of cyclic esters (lactones) is 1. The fraction of sp³-hybridized carbons (Fsp3) is 0.671. The second kappa shape index (κ2) is 44.0. The maximum Gasteiger partial charge on any atom is 0.329 e. The van der Waals surface area contributed by atoms with Crippen LogP contribution in [0.15, 0.2) is 54.2 Å². The van der Waals surface area contributed by atoms with Crippen molar-refractivity contribution in [3.8, 4) is 0 Å². The third kappa shape index (κ3) is 27.2. The number of nitrogens with zero attached hydrogens (tertiary/aromatic N) is 1. The van der Waals surface area contributed by atoms with Crippen LogP contribution in [0, 0.1) is 47.3 Å². The molecule has 2 aliphatic rings. The summed E-state index contributed by atoms with van der Waals surface area (Å²) >= 11 is 0. The van der Waals surface area contributed by atoms with E-state index in [1.807, 2.05) is 50.2 Å². The van der Waals surface area contributed by atoms with E-state index in [0.29, 0.717) is 30.7 Å². The van der Waals surface area contributed by atoms with Crippen LogP contribution in [0.1, 0.15) is 195 Å². The van der Waals surface area contributed by atoms with Gasteiger partial charge in [0.05, 0.1) is 6.10 Å². The third-order valence-electron chi connectivity index (χ3n) is 20.2. The standard InChI is InChI=1S/C79H126N14O16/c1-20-46(16)63(89-68(97)54(31-26-36-80)82-70(99)56-32-27-37-93(56)78(107)61(44(12)13)87-73(102)60(43(10)11)86-76(105)65(48(18)94)91-72(101)58(41(6)7)84-57(95)33-25-28-40(4)5)75(104)92-66-49(19)109-79(108)62(45(14)15)88-67(96)53(22-3)81-69(98)55(39-50-34-35-51-29-23-24-30-52(51)38-50)83-71(100)59(42(8)9)85-74(103)64(47(17)21-2)90-77(66)106/h22-24,29-30,34-35,38,40-49,54-56,58-66,94H,20-21,25-28,31-33,36-37,39,80H2,1-19H3,(H,81,98)(H,82,99)(H,83,100)(H,84,95)(H,85,103)(H,86,105)(H,87,102)(H,88,96)(H,89,97)(H,90,106)(H,91,101)(H,92,104)/b53-22-/t46-,47-,48+,49+,54-,55-,56+,58+,59+,60-,61+,62-,63+,64+,65-,66+/m0/s1. The number of nitrogens with two attached hydrogens (primary N) is 1. The van der Waals surface area contributed by atoms with Crippen molar-refractivity contribution in [2.45, 2.75) is 280 Å². The zero-order chi connectivity index (χ0) is 82.0. The molecule has 0 spiro atoms. The Kier molecular flexibility index (Phi) is 37.2. The summed E-state index contributed by atoms with van der Waals surface area (Å²) in [6, 6.07) is -3.43. The maximum atomic E-state index is 15.1. The monoisotopic (exact) mass is 1530 g/mol. The lowest BCUT2D eigenvalue weighted by atomic mass is 9.95. The Morgan fingerprint density at radius 2 is 1.17 bits per heavy atom. The van der Waals surface area contributed by atoms with E-state index in [1.165, 1.54) is 31.7 Å². The fourth-order valence-electron chi connectivity index (χ4n) is 12.9. The van der Waals surface area contributed by atoms with E-state index < -0.39 is 203 Å². The van der Waals surface area contributed by atoms with Crippen molar-refractivity contribution in [2.75, 3.05) is 13.1 Å². The smallest absolute Gasteiger partial charge is 0.329 e. The highest BCUT2D eigenvalue weighted by Gasteiger charge is 2.45. The van der Waals surface area contributed by atoms with Gasteiger partial charge < -0.3 is 84.3 Å². The Bertz CT molecular complexity index is 3520. The topological polar surface area (TPSA) is 442 Å². The van der Waals surface area contributed by atoms with Gasteiger partial charge in [-0.3, -0.25) is 62.3 Å². The van der Waals surface area contributed by atoms with Crippen molar-refractivity contribution in [2.24, 2.45) is 53.1 Å². The van der Waals surface area contributed by atoms with Crippen molar-refractivity contribution in [3.05, 3.63) is 59.8 Å². The van der Waals surface area contributed by atoms with Gasteiger partial charge in [0.2, 0.25) is 70.9 Å². The minimum absolute atomic E-state index is 0.0542. The number of nitrogens with one attached hydrogen (secondary N) is 12. The number of allylic oxidation sites excluding steroid dienone is 1. The molecule has 2 aromatic rings. The van der Waals surface area contributed by atoms with E-state index >= 15 is 9.59 Å². The SMILES string of the molecule is C/C=C1\NC(=O)[C@H](Cc2ccc3ccccc3c2)NC(=O)[C@@H](C(C)C)NC(=O)[C@@H]([C@@H](C)CC)NC(=O)[C@H](NC(=O)[C@H](NC(=O)[C@H](CCCN)NC(=O)[C@H]2CCCN2C(=O)[C@H](NC(=O)[C@@H](NC(=O)[C@@H](NC(=O)[C@H](NC(=O)CCCC(C)C)C(C)C)[C@@H](C)O)C(C)C)C(C)C)[C@@H](C)CC)[C@@H](C)OC(=O)[C@H](C(C)C)NC1=O. The van der Waals surface area contributed by atoms with E-state index in [9.17, 15) is 62.6 Å². The average molecular weight is 1530 g/mol. The Morgan fingerprint density at radius 3 is 1.72 bits per heavy atom. The number of aliphatic hydroxyl groups is 1. The molecule has 0 radical (unpaired) electrons. The predicted octanol–water partition coefficient (Wildman–Crippen LogP) is 2.99. The first-order valence-electron chi connectivity index (χ1n) is 38.9. The lowest BCUT2D eigenvalue weighted by Gasteiger charge is -2.33. The average Bonchev–Trinajstić information content (AvgIpc) is 1.79. The Balaban J connectivity index is 1.64. The summed E-state index contributed by atoms with van der Waals surface area (Å²) in [4.78, 5) is 203. The molecule has 2 fully saturated rings. The zero-order valence-corrected chi connectivity index (χ0v) is 67.4. The Morgan fingerprint density at radius 1 is 0.606 bits per heavy atom. The van der Waals surface area contributed by atoms with E-state index in [4.69, 9.17) is 10.5 Å². The quantitative estimate of drug-likeness (QED) is 0.0361. The number of esters is 1. The van der Waals surface area contributed by atoms with Crippen molar-refractivity contribution < 1.29 is 77.0 Å². The van der Waals surface area contributed by atoms with Gasteiger partial charge in [-0.05, 0) is 123 Å². The predicted molar refractivity (Wildman–Crippen MR) is 413 cm³/mol. The normalized spacial score (nSPS) is 22.2. The number of benzene rings is 2. The van der Waals surface area contributed by atoms with Gasteiger partial charge in [-0.15, -0.1) is 0 Å². The van der Waals surface area contributed by atoms with E-state index in [2.05, 4.69) is 63.8 Å². The minimum atomic E-state index is -1.83. The summed E-state index contributed by atoms with van der Waals surface area (Å²) < 4.78 is 5.99. The van der Waals surface area contributed by atoms with Gasteiger partial charge in [0.15, 0.2) is 0 Å². The summed E-state index contributed by atoms with van der Waals surface area (Å²) in [6.07, 6.45) is 0.978. The van der Waals surface area contributed by atoms with Gasteiger partial charge in [-0.1, -0.05) is 179 Å². The first-order valence-corrected chi connectivity index (χ1v) is 38.9. The van der Waals surface area contributed by atoms with Crippen molar-refractivity contribution in [1.82, 2.24) is 68.7 Å². The van der Waals surface area contributed by atoms with Crippen LogP contribution in [0.5, 0.6) is 0 Å². The van der Waals surface area contributed by atoms with Crippen LogP contribution < -0.4 is 69.5 Å². The molecule has 0 bridgehead atoms. The molecule has 30 nitrogen and oxygen atoms in total. The summed E-state index contributed by atoms with van der Waals surface area (Å²) in [6.45, 7) is 31.8. The Labute approximate surface area is 642 Å². The molecule has 2 aromatic carbocycles.